The molecule has 3 aromatic rings. The normalized spacial score (nSPS) is 14.5. The highest BCUT2D eigenvalue weighted by Gasteiger charge is 2.29. The van der Waals surface area contributed by atoms with Gasteiger partial charge in [-0.2, -0.15) is 4.31 Å². The molecule has 1 amide bonds. The van der Waals surface area contributed by atoms with Gasteiger partial charge in [-0.1, -0.05) is 29.8 Å². The van der Waals surface area contributed by atoms with Crippen LogP contribution >= 0.6 is 11.6 Å². The first-order valence-electron chi connectivity index (χ1n) is 11.3. The van der Waals surface area contributed by atoms with E-state index >= 15 is 0 Å². The van der Waals surface area contributed by atoms with E-state index in [0.717, 1.165) is 17.1 Å². The van der Waals surface area contributed by atoms with Crippen LogP contribution in [0.3, 0.4) is 0 Å². The Bertz CT molecular complexity index is 1460. The molecule has 8 nitrogen and oxygen atoms in total. The predicted molar refractivity (Wildman–Crippen MR) is 140 cm³/mol. The van der Waals surface area contributed by atoms with Gasteiger partial charge in [0, 0.05) is 23.8 Å². The fraction of sp³-hybridized carbons (Fsp3) is 0.240. The van der Waals surface area contributed by atoms with Crippen LogP contribution < -0.4 is 9.62 Å². The van der Waals surface area contributed by atoms with Crippen LogP contribution in [0.2, 0.25) is 5.02 Å². The minimum absolute atomic E-state index is 0.0450. The number of nitrogens with zero attached hydrogens (tertiary/aromatic N) is 2. The first kappa shape index (κ1) is 26.2. The molecule has 36 heavy (non-hydrogen) atoms. The number of anilines is 2. The smallest absolute Gasteiger partial charge is 0.264 e. The summed E-state index contributed by atoms with van der Waals surface area (Å²) in [6, 6.07) is 18.5. The lowest BCUT2D eigenvalue weighted by Crippen LogP contribution is -2.38. The monoisotopic (exact) mass is 547 g/mol. The highest BCUT2D eigenvalue weighted by molar-refractivity contribution is 7.92. The fourth-order valence-corrected chi connectivity index (χ4v) is 7.29. The summed E-state index contributed by atoms with van der Waals surface area (Å²) in [5.41, 5.74) is 1.27. The topological polar surface area (TPSA) is 104 Å². The van der Waals surface area contributed by atoms with Crippen molar-refractivity contribution >= 4 is 48.9 Å². The molecule has 1 aliphatic heterocycles. The second-order valence-electron chi connectivity index (χ2n) is 8.44. The van der Waals surface area contributed by atoms with E-state index < -0.39 is 32.5 Å². The number of aryl methyl sites for hydroxylation is 1. The van der Waals surface area contributed by atoms with Crippen LogP contribution in [0, 0.1) is 6.92 Å². The second-order valence-corrected chi connectivity index (χ2v) is 12.7. The Hall–Kier alpha value is -2.92. The molecular formula is C25H26ClN3O5S2. The number of rotatable bonds is 8. The number of carbonyl (C=O) groups excluding carboxylic acids is 1. The van der Waals surface area contributed by atoms with Gasteiger partial charge in [0.25, 0.3) is 10.0 Å². The van der Waals surface area contributed by atoms with Crippen molar-refractivity contribution in [2.24, 2.45) is 0 Å². The molecule has 0 spiro atoms. The largest absolute Gasteiger partial charge is 0.325 e. The number of sulfonamides is 2. The predicted octanol–water partition coefficient (Wildman–Crippen LogP) is 4.27. The Morgan fingerprint density at radius 1 is 0.917 bits per heavy atom. The molecule has 11 heteroatoms. The molecule has 1 N–H and O–H groups in total. The van der Waals surface area contributed by atoms with Crippen molar-refractivity contribution in [1.82, 2.24) is 4.31 Å². The summed E-state index contributed by atoms with van der Waals surface area (Å²) in [5, 5.41) is 3.11. The standard InChI is InChI=1S/C25H26ClN3O5S2/c1-19-17-20(26)9-14-24(19)29(36(33,34)22-7-3-2-4-8-22)18-25(30)27-21-10-12-23(13-11-21)35(31,32)28-15-5-6-16-28/h2-4,7-14,17H,5-6,15-16,18H2,1H3,(H,27,30). The average molecular weight is 548 g/mol. The quantitative estimate of drug-likeness (QED) is 0.453. The van der Waals surface area contributed by atoms with Crippen LogP contribution in [0.1, 0.15) is 18.4 Å². The molecule has 0 bridgehead atoms. The molecule has 0 unspecified atom stereocenters. The molecule has 1 saturated heterocycles. The number of hydrogen-bond donors (Lipinski definition) is 1. The minimum Gasteiger partial charge on any atom is -0.325 e. The van der Waals surface area contributed by atoms with Gasteiger partial charge in [0.1, 0.15) is 6.54 Å². The van der Waals surface area contributed by atoms with Gasteiger partial charge in [-0.3, -0.25) is 9.10 Å². The highest BCUT2D eigenvalue weighted by Crippen LogP contribution is 2.29. The van der Waals surface area contributed by atoms with Crippen molar-refractivity contribution < 1.29 is 21.6 Å². The van der Waals surface area contributed by atoms with Gasteiger partial charge >= 0.3 is 0 Å². The lowest BCUT2D eigenvalue weighted by Gasteiger charge is -2.25. The van der Waals surface area contributed by atoms with E-state index in [1.807, 2.05) is 0 Å². The minimum atomic E-state index is -4.07. The number of nitrogens with one attached hydrogen (secondary N) is 1. The molecule has 0 aliphatic carbocycles. The Morgan fingerprint density at radius 3 is 2.17 bits per heavy atom. The van der Waals surface area contributed by atoms with Gasteiger partial charge in [0.15, 0.2) is 0 Å². The van der Waals surface area contributed by atoms with Crippen LogP contribution in [0.25, 0.3) is 0 Å². The molecule has 0 atom stereocenters. The molecule has 1 aliphatic rings. The molecule has 3 aromatic carbocycles. The van der Waals surface area contributed by atoms with Crippen molar-refractivity contribution in [3.8, 4) is 0 Å². The molecule has 1 heterocycles. The van der Waals surface area contributed by atoms with Crippen LogP contribution in [-0.4, -0.2) is 46.7 Å². The summed E-state index contributed by atoms with van der Waals surface area (Å²) in [4.78, 5) is 13.2. The third-order valence-electron chi connectivity index (χ3n) is 5.89. The fourth-order valence-electron chi connectivity index (χ4n) is 4.04. The van der Waals surface area contributed by atoms with Crippen molar-refractivity contribution in [2.75, 3.05) is 29.3 Å². The lowest BCUT2D eigenvalue weighted by atomic mass is 10.2. The van der Waals surface area contributed by atoms with Crippen molar-refractivity contribution in [1.29, 1.82) is 0 Å². The average Bonchev–Trinajstić information content (AvgIpc) is 3.40. The number of hydrogen-bond acceptors (Lipinski definition) is 5. The summed E-state index contributed by atoms with van der Waals surface area (Å²) in [6.45, 7) is 2.22. The van der Waals surface area contributed by atoms with Crippen LogP contribution in [0.4, 0.5) is 11.4 Å². The van der Waals surface area contributed by atoms with Crippen molar-refractivity contribution in [2.45, 2.75) is 29.6 Å². The maximum absolute atomic E-state index is 13.5. The Balaban J connectivity index is 1.57. The Morgan fingerprint density at radius 2 is 1.56 bits per heavy atom. The van der Waals surface area contributed by atoms with E-state index in [0.29, 0.717) is 35.1 Å². The highest BCUT2D eigenvalue weighted by atomic mass is 35.5. The third kappa shape index (κ3) is 5.57. The summed E-state index contributed by atoms with van der Waals surface area (Å²) in [7, 11) is -7.64. The molecule has 1 fully saturated rings. The van der Waals surface area contributed by atoms with Gasteiger partial charge in [0.05, 0.1) is 15.5 Å². The summed E-state index contributed by atoms with van der Waals surface area (Å²) in [5.74, 6) is -0.584. The lowest BCUT2D eigenvalue weighted by molar-refractivity contribution is -0.114. The van der Waals surface area contributed by atoms with E-state index in [4.69, 9.17) is 11.6 Å². The van der Waals surface area contributed by atoms with Crippen molar-refractivity contribution in [3.63, 3.8) is 0 Å². The van der Waals surface area contributed by atoms with E-state index in [1.54, 1.807) is 43.3 Å². The van der Waals surface area contributed by atoms with Gasteiger partial charge in [0.2, 0.25) is 15.9 Å². The zero-order valence-electron chi connectivity index (χ0n) is 19.6. The summed E-state index contributed by atoms with van der Waals surface area (Å²) in [6.07, 6.45) is 1.67. The van der Waals surface area contributed by atoms with Crippen LogP contribution in [-0.2, 0) is 24.8 Å². The van der Waals surface area contributed by atoms with Crippen LogP contribution in [0.5, 0.6) is 0 Å². The van der Waals surface area contributed by atoms with Gasteiger partial charge in [-0.25, -0.2) is 16.8 Å². The zero-order valence-corrected chi connectivity index (χ0v) is 22.0. The van der Waals surface area contributed by atoms with E-state index in [-0.39, 0.29) is 9.79 Å². The maximum atomic E-state index is 13.5. The Kier molecular flexibility index (Phi) is 7.70. The summed E-state index contributed by atoms with van der Waals surface area (Å²) < 4.78 is 54.9. The molecule has 0 aromatic heterocycles. The summed E-state index contributed by atoms with van der Waals surface area (Å²) >= 11 is 6.06. The van der Waals surface area contributed by atoms with Gasteiger partial charge in [-0.05, 0) is 79.9 Å². The second kappa shape index (κ2) is 10.6. The Labute approximate surface area is 216 Å². The van der Waals surface area contributed by atoms with E-state index in [2.05, 4.69) is 5.32 Å². The number of benzene rings is 3. The number of amides is 1. The number of halogens is 1. The van der Waals surface area contributed by atoms with E-state index in [9.17, 15) is 21.6 Å². The number of carbonyl (C=O) groups is 1. The van der Waals surface area contributed by atoms with E-state index in [1.165, 1.54) is 40.7 Å². The molecule has 4 rings (SSSR count). The van der Waals surface area contributed by atoms with Gasteiger partial charge in [-0.15, -0.1) is 0 Å². The van der Waals surface area contributed by atoms with Crippen LogP contribution in [0.15, 0.2) is 82.6 Å². The van der Waals surface area contributed by atoms with Crippen molar-refractivity contribution in [3.05, 3.63) is 83.4 Å². The zero-order chi connectivity index (χ0) is 25.9. The first-order chi connectivity index (χ1) is 17.1. The molecule has 190 valence electrons. The molecule has 0 saturated carbocycles. The SMILES string of the molecule is Cc1cc(Cl)ccc1N(CC(=O)Nc1ccc(S(=O)(=O)N2CCCC2)cc1)S(=O)(=O)c1ccccc1. The third-order valence-corrected chi connectivity index (χ3v) is 9.81. The molecule has 0 radical (unpaired) electrons. The maximum Gasteiger partial charge on any atom is 0.264 e. The van der Waals surface area contributed by atoms with Gasteiger partial charge < -0.3 is 5.32 Å². The first-order valence-corrected chi connectivity index (χ1v) is 14.6. The molecular weight excluding hydrogens is 522 g/mol.